The van der Waals surface area contributed by atoms with Crippen LogP contribution in [0, 0.1) is 0 Å². The van der Waals surface area contributed by atoms with E-state index >= 15 is 0 Å². The number of hydrogen-bond donors (Lipinski definition) is 10. The van der Waals surface area contributed by atoms with Crippen molar-refractivity contribution in [3.63, 3.8) is 0 Å². The zero-order chi connectivity index (χ0) is 19.8. The normalized spacial score (nSPS) is 15.6. The molecule has 0 fully saturated rings. The summed E-state index contributed by atoms with van der Waals surface area (Å²) >= 11 is 0. The van der Waals surface area contributed by atoms with Crippen molar-refractivity contribution in [3.8, 4) is 0 Å². The number of hydrogen-bond acceptors (Lipinski definition) is 6. The van der Waals surface area contributed by atoms with Gasteiger partial charge in [0.1, 0.15) is 0 Å². The van der Waals surface area contributed by atoms with Gasteiger partial charge in [-0.1, -0.05) is 12.8 Å². The number of unbranched alkanes of at least 4 members (excludes halogenated alkanes) is 1. The smallest absolute Gasteiger partial charge is 0.323 e. The Labute approximate surface area is 135 Å². The van der Waals surface area contributed by atoms with Crippen LogP contribution >= 0.6 is 30.4 Å². The second kappa shape index (κ2) is 7.26. The Balaban J connectivity index is 5.25. The topological polar surface area (TPSA) is 282 Å². The molecule has 0 aliphatic heterocycles. The van der Waals surface area contributed by atoms with Gasteiger partial charge in [-0.05, 0) is 12.8 Å². The van der Waals surface area contributed by atoms with Gasteiger partial charge in [-0.3, -0.25) is 18.3 Å². The van der Waals surface area contributed by atoms with Gasteiger partial charge in [0.15, 0.2) is 0 Å². The molecule has 0 aromatic rings. The summed E-state index contributed by atoms with van der Waals surface area (Å²) in [7, 11) is -21.9. The minimum Gasteiger partial charge on any atom is -0.323 e. The van der Waals surface area contributed by atoms with E-state index in [1.165, 1.54) is 0 Å². The fraction of sp³-hybridized carbons (Fsp3) is 1.00. The predicted octanol–water partition coefficient (Wildman–Crippen LogP) is -1.52. The largest absolute Gasteiger partial charge is 0.357 e. The summed E-state index contributed by atoms with van der Waals surface area (Å²) in [5.41, 5.74) is 10.2. The highest BCUT2D eigenvalue weighted by atomic mass is 31.2. The molecule has 12 N–H and O–H groups in total. The molecule has 18 heteroatoms. The van der Waals surface area contributed by atoms with Gasteiger partial charge in [-0.25, -0.2) is 0 Å². The van der Waals surface area contributed by atoms with Gasteiger partial charge in [0.25, 0.3) is 0 Å². The first-order valence-corrected chi connectivity index (χ1v) is 12.5. The molecule has 0 saturated heterocycles. The Kier molecular flexibility index (Phi) is 7.42. The molecular weight excluding hydrogens is 416 g/mol. The molecule has 0 rings (SSSR count). The highest BCUT2D eigenvalue weighted by molar-refractivity contribution is 7.72. The van der Waals surface area contributed by atoms with Crippen molar-refractivity contribution in [3.05, 3.63) is 0 Å². The van der Waals surface area contributed by atoms with Crippen molar-refractivity contribution in [2.24, 2.45) is 11.5 Å². The van der Waals surface area contributed by atoms with E-state index in [0.717, 1.165) is 0 Å². The van der Waals surface area contributed by atoms with Crippen molar-refractivity contribution in [1.82, 2.24) is 0 Å². The lowest BCUT2D eigenvalue weighted by Crippen LogP contribution is -2.40. The van der Waals surface area contributed by atoms with Crippen molar-refractivity contribution in [2.45, 2.75) is 35.7 Å². The fourth-order valence-corrected chi connectivity index (χ4v) is 6.21. The zero-order valence-electron chi connectivity index (χ0n) is 12.0. The monoisotopic (exact) mass is 436 g/mol. The zero-order valence-corrected chi connectivity index (χ0v) is 15.6. The average Bonchev–Trinajstić information content (AvgIpc) is 2.28. The molecule has 0 aromatic carbocycles. The molecule has 0 aliphatic rings. The van der Waals surface area contributed by atoms with Crippen molar-refractivity contribution in [2.75, 3.05) is 0 Å². The van der Waals surface area contributed by atoms with Crippen LogP contribution in [-0.4, -0.2) is 49.2 Å². The minimum atomic E-state index is -5.48. The van der Waals surface area contributed by atoms with Gasteiger partial charge in [-0.15, -0.1) is 0 Å². The first-order chi connectivity index (χ1) is 10.2. The molecule has 0 atom stereocenters. The highest BCUT2D eigenvalue weighted by Crippen LogP contribution is 2.69. The van der Waals surface area contributed by atoms with Crippen molar-refractivity contribution >= 4 is 30.4 Å². The summed E-state index contributed by atoms with van der Waals surface area (Å²) in [5, 5.41) is -6.47. The average molecular weight is 436 g/mol. The molecule has 0 amide bonds. The van der Waals surface area contributed by atoms with E-state index in [2.05, 4.69) is 0 Å². The van der Waals surface area contributed by atoms with Crippen molar-refractivity contribution in [1.29, 1.82) is 0 Å². The summed E-state index contributed by atoms with van der Waals surface area (Å²) in [6.07, 6.45) is -3.04. The molecule has 0 bridgehead atoms. The minimum absolute atomic E-state index is 0.536. The fourth-order valence-electron chi connectivity index (χ4n) is 1.69. The molecule has 0 aliphatic carbocycles. The van der Waals surface area contributed by atoms with E-state index in [-0.39, 0.29) is 0 Å². The molecule has 14 nitrogen and oxygen atoms in total. The van der Waals surface area contributed by atoms with Crippen LogP contribution in [0.5, 0.6) is 0 Å². The molecule has 146 valence electrons. The predicted molar refractivity (Wildman–Crippen MR) is 80.5 cm³/mol. The molecule has 0 radical (unpaired) electrons. The van der Waals surface area contributed by atoms with E-state index in [4.69, 9.17) is 50.6 Å². The van der Waals surface area contributed by atoms with Crippen LogP contribution in [0.25, 0.3) is 0 Å². The summed E-state index contributed by atoms with van der Waals surface area (Å²) in [4.78, 5) is 72.1. The summed E-state index contributed by atoms with van der Waals surface area (Å²) < 4.78 is 44.9. The van der Waals surface area contributed by atoms with E-state index in [1.54, 1.807) is 0 Å². The summed E-state index contributed by atoms with van der Waals surface area (Å²) in [6.45, 7) is 0. The third kappa shape index (κ3) is 5.03. The van der Waals surface area contributed by atoms with E-state index in [0.29, 0.717) is 0 Å². The maximum absolute atomic E-state index is 11.2. The van der Waals surface area contributed by atoms with Crippen molar-refractivity contribution < 1.29 is 57.4 Å². The molecule has 0 saturated carbocycles. The van der Waals surface area contributed by atoms with E-state index < -0.39 is 66.1 Å². The van der Waals surface area contributed by atoms with Crippen LogP contribution < -0.4 is 11.5 Å². The lowest BCUT2D eigenvalue weighted by molar-refractivity contribution is 0.289. The first-order valence-electron chi connectivity index (χ1n) is 6.01. The van der Waals surface area contributed by atoms with Crippen LogP contribution in [0.2, 0.25) is 0 Å². The second-order valence-electron chi connectivity index (χ2n) is 5.14. The lowest BCUT2D eigenvalue weighted by atomic mass is 10.2. The Morgan fingerprint density at radius 1 is 0.542 bits per heavy atom. The maximum Gasteiger partial charge on any atom is 0.357 e. The van der Waals surface area contributed by atoms with Gasteiger partial charge < -0.3 is 50.6 Å². The van der Waals surface area contributed by atoms with Gasteiger partial charge in [-0.2, -0.15) is 0 Å². The SMILES string of the molecule is NC(CCCCC(N)(P(=O)(O)O)P(=O)(O)O)(P(=O)(O)O)P(=O)(O)O. The maximum atomic E-state index is 11.2. The van der Waals surface area contributed by atoms with Gasteiger partial charge in [0.2, 0.25) is 10.0 Å². The second-order valence-corrected chi connectivity index (χ2v) is 13.4. The van der Waals surface area contributed by atoms with E-state index in [1.807, 2.05) is 0 Å². The third-order valence-corrected chi connectivity index (χ3v) is 11.4. The molecule has 0 spiro atoms. The van der Waals surface area contributed by atoms with Crippen LogP contribution in [0.1, 0.15) is 25.7 Å². The molecular formula is C6H20N2O12P4. The van der Waals surface area contributed by atoms with Gasteiger partial charge in [0.05, 0.1) is 0 Å². The van der Waals surface area contributed by atoms with Gasteiger partial charge in [0, 0.05) is 0 Å². The standard InChI is InChI=1S/C6H20N2O12P4/c7-5(21(9,10)11,22(12,13)14)3-1-2-4-6(8,23(15,16)17)24(18,19)20/h1-4,7-8H2,(H2,9,10,11)(H2,12,13,14)(H2,15,16,17)(H2,18,19,20). The van der Waals surface area contributed by atoms with Crippen LogP contribution in [0.3, 0.4) is 0 Å². The molecule has 24 heavy (non-hydrogen) atoms. The Morgan fingerprint density at radius 2 is 0.708 bits per heavy atom. The summed E-state index contributed by atoms with van der Waals surface area (Å²) in [5.74, 6) is 0. The van der Waals surface area contributed by atoms with Crippen LogP contribution in [-0.2, 0) is 18.3 Å². The van der Waals surface area contributed by atoms with Crippen LogP contribution in [0.15, 0.2) is 0 Å². The first kappa shape index (κ1) is 24.5. The number of nitrogens with two attached hydrogens (primary N) is 2. The van der Waals surface area contributed by atoms with E-state index in [9.17, 15) is 18.3 Å². The highest BCUT2D eigenvalue weighted by Gasteiger charge is 2.58. The number of rotatable bonds is 9. The Morgan fingerprint density at radius 3 is 0.833 bits per heavy atom. The molecule has 0 unspecified atom stereocenters. The molecule has 0 heterocycles. The van der Waals surface area contributed by atoms with Crippen LogP contribution in [0.4, 0.5) is 0 Å². The third-order valence-electron chi connectivity index (χ3n) is 3.36. The Hall–Kier alpha value is 0.520. The quantitative estimate of drug-likeness (QED) is 0.145. The lowest BCUT2D eigenvalue weighted by Gasteiger charge is -2.32. The van der Waals surface area contributed by atoms with Gasteiger partial charge >= 0.3 is 30.4 Å². The summed E-state index contributed by atoms with van der Waals surface area (Å²) in [6, 6.07) is 0. The Bertz CT molecular complexity index is 540. The molecule has 0 aromatic heterocycles.